The second-order valence-corrected chi connectivity index (χ2v) is 8.28. The molecule has 0 bridgehead atoms. The van der Waals surface area contributed by atoms with Crippen molar-refractivity contribution in [2.45, 2.75) is 17.4 Å². The highest BCUT2D eigenvalue weighted by Crippen LogP contribution is 2.32. The Morgan fingerprint density at radius 1 is 1.15 bits per heavy atom. The lowest BCUT2D eigenvalue weighted by molar-refractivity contribution is 0.00699. The van der Waals surface area contributed by atoms with E-state index in [1.54, 1.807) is 31.2 Å². The van der Waals surface area contributed by atoms with Crippen LogP contribution in [0.2, 0.25) is 5.02 Å². The molecule has 1 N–H and O–H groups in total. The fourth-order valence-electron chi connectivity index (χ4n) is 2.62. The minimum absolute atomic E-state index is 0.0423. The molecule has 26 heavy (non-hydrogen) atoms. The standard InChI is InChI=1S/C18H20ClNO5S/c1-18(23-2,13-4-3-5-14(19)10-13)12-20-26(21,22)15-6-7-16-17(11-15)25-9-8-24-16/h3-7,10-11,20H,8-9,12H2,1-2H3. The van der Waals surface area contributed by atoms with E-state index in [0.717, 1.165) is 5.56 Å². The molecule has 1 unspecified atom stereocenters. The topological polar surface area (TPSA) is 73.9 Å². The molecule has 3 rings (SSSR count). The molecule has 140 valence electrons. The highest BCUT2D eigenvalue weighted by atomic mass is 35.5. The van der Waals surface area contributed by atoms with Gasteiger partial charge in [-0.05, 0) is 36.8 Å². The van der Waals surface area contributed by atoms with Crippen LogP contribution in [0.15, 0.2) is 47.4 Å². The van der Waals surface area contributed by atoms with E-state index in [0.29, 0.717) is 29.7 Å². The van der Waals surface area contributed by atoms with Crippen LogP contribution in [-0.4, -0.2) is 35.3 Å². The van der Waals surface area contributed by atoms with Crippen molar-refractivity contribution >= 4 is 21.6 Å². The van der Waals surface area contributed by atoms with Gasteiger partial charge >= 0.3 is 0 Å². The summed E-state index contributed by atoms with van der Waals surface area (Å²) in [6.45, 7) is 2.68. The fourth-order valence-corrected chi connectivity index (χ4v) is 3.95. The molecule has 2 aromatic rings. The summed E-state index contributed by atoms with van der Waals surface area (Å²) in [6, 6.07) is 11.7. The van der Waals surface area contributed by atoms with Crippen molar-refractivity contribution in [1.29, 1.82) is 0 Å². The van der Waals surface area contributed by atoms with Crippen LogP contribution in [0.3, 0.4) is 0 Å². The number of fused-ring (bicyclic) bond motifs is 1. The second-order valence-electron chi connectivity index (χ2n) is 6.08. The van der Waals surface area contributed by atoms with Crippen molar-refractivity contribution < 1.29 is 22.6 Å². The third-order valence-corrected chi connectivity index (χ3v) is 5.94. The van der Waals surface area contributed by atoms with Crippen LogP contribution >= 0.6 is 11.6 Å². The van der Waals surface area contributed by atoms with E-state index in [2.05, 4.69) is 4.72 Å². The number of halogens is 1. The van der Waals surface area contributed by atoms with Crippen molar-refractivity contribution in [3.63, 3.8) is 0 Å². The van der Waals surface area contributed by atoms with Gasteiger partial charge in [0.2, 0.25) is 10.0 Å². The van der Waals surface area contributed by atoms with E-state index < -0.39 is 15.6 Å². The Hall–Kier alpha value is -1.80. The first-order valence-corrected chi connectivity index (χ1v) is 9.91. The molecule has 8 heteroatoms. The van der Waals surface area contributed by atoms with E-state index in [1.165, 1.54) is 19.2 Å². The summed E-state index contributed by atoms with van der Waals surface area (Å²) in [5, 5.41) is 0.556. The summed E-state index contributed by atoms with van der Waals surface area (Å²) in [5.41, 5.74) is -0.0939. The average molecular weight is 398 g/mol. The van der Waals surface area contributed by atoms with Crippen molar-refractivity contribution in [1.82, 2.24) is 4.72 Å². The van der Waals surface area contributed by atoms with Crippen molar-refractivity contribution in [2.24, 2.45) is 0 Å². The Morgan fingerprint density at radius 2 is 1.88 bits per heavy atom. The predicted molar refractivity (Wildman–Crippen MR) is 98.4 cm³/mol. The van der Waals surface area contributed by atoms with Gasteiger partial charge in [-0.1, -0.05) is 23.7 Å². The summed E-state index contributed by atoms with van der Waals surface area (Å²) >= 11 is 6.04. The van der Waals surface area contributed by atoms with Gasteiger partial charge in [0.25, 0.3) is 0 Å². The molecular formula is C18H20ClNO5S. The lowest BCUT2D eigenvalue weighted by Crippen LogP contribution is -2.40. The molecule has 1 aliphatic rings. The number of hydrogen-bond acceptors (Lipinski definition) is 5. The van der Waals surface area contributed by atoms with Crippen molar-refractivity contribution in [3.05, 3.63) is 53.1 Å². The van der Waals surface area contributed by atoms with Gasteiger partial charge in [0.1, 0.15) is 18.8 Å². The maximum absolute atomic E-state index is 12.7. The summed E-state index contributed by atoms with van der Waals surface area (Å²) in [5.74, 6) is 0.958. The van der Waals surface area contributed by atoms with Gasteiger partial charge in [0.15, 0.2) is 11.5 Å². The van der Waals surface area contributed by atoms with Crippen LogP contribution in [0, 0.1) is 0 Å². The van der Waals surface area contributed by atoms with Gasteiger partial charge in [-0.3, -0.25) is 0 Å². The number of nitrogens with one attached hydrogen (secondary N) is 1. The lowest BCUT2D eigenvalue weighted by Gasteiger charge is -2.29. The Morgan fingerprint density at radius 3 is 2.58 bits per heavy atom. The Kier molecular flexibility index (Phi) is 5.43. The van der Waals surface area contributed by atoms with Gasteiger partial charge in [-0.25, -0.2) is 13.1 Å². The molecular weight excluding hydrogens is 378 g/mol. The maximum atomic E-state index is 12.7. The van der Waals surface area contributed by atoms with Crippen LogP contribution in [0.25, 0.3) is 0 Å². The fraction of sp³-hybridized carbons (Fsp3) is 0.333. The number of hydrogen-bond donors (Lipinski definition) is 1. The summed E-state index contributed by atoms with van der Waals surface area (Å²) in [7, 11) is -2.23. The first kappa shape index (κ1) is 19.0. The van der Waals surface area contributed by atoms with Gasteiger partial charge in [0, 0.05) is 24.7 Å². The molecule has 0 aliphatic carbocycles. The van der Waals surface area contributed by atoms with E-state index in [9.17, 15) is 8.42 Å². The van der Waals surface area contributed by atoms with E-state index in [-0.39, 0.29) is 11.4 Å². The first-order chi connectivity index (χ1) is 12.3. The molecule has 2 aromatic carbocycles. The number of methoxy groups -OCH3 is 1. The molecule has 1 atom stereocenters. The summed E-state index contributed by atoms with van der Waals surface area (Å²) in [6.07, 6.45) is 0. The molecule has 6 nitrogen and oxygen atoms in total. The molecule has 0 fully saturated rings. The zero-order chi connectivity index (χ0) is 18.8. The molecule has 1 heterocycles. The predicted octanol–water partition coefficient (Wildman–Crippen LogP) is 2.95. The quantitative estimate of drug-likeness (QED) is 0.811. The van der Waals surface area contributed by atoms with E-state index in [4.69, 9.17) is 25.8 Å². The van der Waals surface area contributed by atoms with Crippen molar-refractivity contribution in [2.75, 3.05) is 26.9 Å². The molecule has 0 radical (unpaired) electrons. The number of rotatable bonds is 6. The minimum Gasteiger partial charge on any atom is -0.486 e. The third-order valence-electron chi connectivity index (χ3n) is 4.31. The number of benzene rings is 2. The molecule has 0 saturated heterocycles. The molecule has 0 aromatic heterocycles. The Bertz CT molecular complexity index is 902. The lowest BCUT2D eigenvalue weighted by atomic mass is 9.96. The highest BCUT2D eigenvalue weighted by molar-refractivity contribution is 7.89. The van der Waals surface area contributed by atoms with Gasteiger partial charge in [-0.2, -0.15) is 0 Å². The average Bonchev–Trinajstić information content (AvgIpc) is 2.66. The molecule has 0 amide bonds. The van der Waals surface area contributed by atoms with Gasteiger partial charge in [0.05, 0.1) is 4.90 Å². The monoisotopic (exact) mass is 397 g/mol. The van der Waals surface area contributed by atoms with E-state index in [1.807, 2.05) is 6.07 Å². The van der Waals surface area contributed by atoms with Gasteiger partial charge in [-0.15, -0.1) is 0 Å². The van der Waals surface area contributed by atoms with Crippen LogP contribution < -0.4 is 14.2 Å². The normalized spacial score (nSPS) is 16.1. The first-order valence-electron chi connectivity index (χ1n) is 8.05. The SMILES string of the molecule is COC(C)(CNS(=O)(=O)c1ccc2c(c1)OCCO2)c1cccc(Cl)c1. The second kappa shape index (κ2) is 7.44. The van der Waals surface area contributed by atoms with Crippen LogP contribution in [0.4, 0.5) is 0 Å². The summed E-state index contributed by atoms with van der Waals surface area (Å²) in [4.78, 5) is 0.103. The summed E-state index contributed by atoms with van der Waals surface area (Å²) < 4.78 is 44.4. The van der Waals surface area contributed by atoms with Crippen LogP contribution in [-0.2, 0) is 20.4 Å². The van der Waals surface area contributed by atoms with Crippen LogP contribution in [0.1, 0.15) is 12.5 Å². The molecule has 1 aliphatic heterocycles. The Labute approximate surface area is 158 Å². The molecule has 0 saturated carbocycles. The van der Waals surface area contributed by atoms with Gasteiger partial charge < -0.3 is 14.2 Å². The molecule has 0 spiro atoms. The zero-order valence-corrected chi connectivity index (χ0v) is 16.1. The highest BCUT2D eigenvalue weighted by Gasteiger charge is 2.29. The Balaban J connectivity index is 1.80. The largest absolute Gasteiger partial charge is 0.486 e. The number of sulfonamides is 1. The maximum Gasteiger partial charge on any atom is 0.240 e. The third kappa shape index (κ3) is 3.96. The van der Waals surface area contributed by atoms with Crippen LogP contribution in [0.5, 0.6) is 11.5 Å². The smallest absolute Gasteiger partial charge is 0.240 e. The minimum atomic E-state index is -3.75. The zero-order valence-electron chi connectivity index (χ0n) is 14.5. The van der Waals surface area contributed by atoms with E-state index >= 15 is 0 Å². The van der Waals surface area contributed by atoms with Crippen molar-refractivity contribution in [3.8, 4) is 11.5 Å². The number of ether oxygens (including phenoxy) is 3.